The van der Waals surface area contributed by atoms with Crippen molar-refractivity contribution in [2.24, 2.45) is 17.6 Å². The maximum atomic E-state index is 5.76. The van der Waals surface area contributed by atoms with Crippen LogP contribution in [0.15, 0.2) is 18.3 Å². The highest BCUT2D eigenvalue weighted by Gasteiger charge is 2.20. The van der Waals surface area contributed by atoms with Crippen LogP contribution in [0.3, 0.4) is 0 Å². The van der Waals surface area contributed by atoms with Crippen LogP contribution in [0.1, 0.15) is 44.4 Å². The first-order valence-electron chi connectivity index (χ1n) is 7.54. The number of hydrogen-bond donors (Lipinski definition) is 1. The van der Waals surface area contributed by atoms with Gasteiger partial charge in [-0.1, -0.05) is 32.1 Å². The monoisotopic (exact) mass is 291 g/mol. The minimum Gasteiger partial charge on any atom is -0.388 e. The molecule has 0 spiro atoms. The summed E-state index contributed by atoms with van der Waals surface area (Å²) in [6.07, 6.45) is 5.68. The number of aromatic nitrogens is 1. The van der Waals surface area contributed by atoms with E-state index >= 15 is 0 Å². The van der Waals surface area contributed by atoms with Gasteiger partial charge in [0.2, 0.25) is 0 Å². The molecule has 1 aliphatic rings. The van der Waals surface area contributed by atoms with Crippen LogP contribution >= 0.6 is 12.2 Å². The summed E-state index contributed by atoms with van der Waals surface area (Å²) in [4.78, 5) is 7.23. The van der Waals surface area contributed by atoms with Crippen molar-refractivity contribution < 1.29 is 0 Å². The lowest BCUT2D eigenvalue weighted by atomic mass is 9.89. The highest BCUT2D eigenvalue weighted by Crippen LogP contribution is 2.25. The molecule has 0 aromatic carbocycles. The molecule has 1 fully saturated rings. The number of likely N-dealkylation sites (tertiary alicyclic amines) is 1. The average molecular weight is 291 g/mol. The summed E-state index contributed by atoms with van der Waals surface area (Å²) < 4.78 is 0. The molecule has 1 atom stereocenters. The van der Waals surface area contributed by atoms with E-state index in [1.807, 2.05) is 6.07 Å². The molecule has 20 heavy (non-hydrogen) atoms. The average Bonchev–Trinajstić information content (AvgIpc) is 2.65. The molecule has 0 saturated carbocycles. The van der Waals surface area contributed by atoms with Gasteiger partial charge in [-0.05, 0) is 55.8 Å². The smallest absolute Gasteiger partial charge is 0.123 e. The zero-order valence-corrected chi connectivity index (χ0v) is 13.3. The molecule has 1 aromatic heterocycles. The van der Waals surface area contributed by atoms with Crippen molar-refractivity contribution in [3.05, 3.63) is 29.6 Å². The summed E-state index contributed by atoms with van der Waals surface area (Å²) in [5, 5.41) is 0. The maximum absolute atomic E-state index is 5.76. The number of pyridine rings is 1. The lowest BCUT2D eigenvalue weighted by molar-refractivity contribution is 0.264. The Hall–Kier alpha value is -1.00. The standard InChI is InChI=1S/C16H25N3S/c1-12(2)13-6-4-9-19(10-7-13)11-14-5-3-8-18-15(14)16(17)20/h3,5,8,12-13H,4,6-7,9-11H2,1-2H3,(H2,17,20). The van der Waals surface area contributed by atoms with E-state index in [1.165, 1.54) is 19.3 Å². The van der Waals surface area contributed by atoms with Crippen LogP contribution in [0.5, 0.6) is 0 Å². The first kappa shape index (κ1) is 15.4. The van der Waals surface area contributed by atoms with Crippen LogP contribution in [0.25, 0.3) is 0 Å². The van der Waals surface area contributed by atoms with Gasteiger partial charge >= 0.3 is 0 Å². The fourth-order valence-corrected chi connectivity index (χ4v) is 3.22. The molecule has 1 saturated heterocycles. The number of hydrogen-bond acceptors (Lipinski definition) is 3. The summed E-state index contributed by atoms with van der Waals surface area (Å²) in [5.41, 5.74) is 7.70. The Labute approximate surface area is 127 Å². The Morgan fingerprint density at radius 3 is 2.95 bits per heavy atom. The van der Waals surface area contributed by atoms with Crippen molar-refractivity contribution in [1.82, 2.24) is 9.88 Å². The van der Waals surface area contributed by atoms with Gasteiger partial charge in [0.05, 0.1) is 0 Å². The lowest BCUT2D eigenvalue weighted by Crippen LogP contribution is -2.26. The summed E-state index contributed by atoms with van der Waals surface area (Å²) in [6.45, 7) is 7.91. The Morgan fingerprint density at radius 2 is 2.25 bits per heavy atom. The van der Waals surface area contributed by atoms with Crippen molar-refractivity contribution in [3.63, 3.8) is 0 Å². The zero-order valence-electron chi connectivity index (χ0n) is 12.5. The van der Waals surface area contributed by atoms with E-state index in [9.17, 15) is 0 Å². The van der Waals surface area contributed by atoms with E-state index in [-0.39, 0.29) is 0 Å². The van der Waals surface area contributed by atoms with Crippen LogP contribution in [-0.4, -0.2) is 28.0 Å². The number of thiocarbonyl (C=S) groups is 1. The second-order valence-electron chi connectivity index (χ2n) is 6.09. The highest BCUT2D eigenvalue weighted by molar-refractivity contribution is 7.80. The molecule has 4 heteroatoms. The summed E-state index contributed by atoms with van der Waals surface area (Å²) in [7, 11) is 0. The van der Waals surface area contributed by atoms with Gasteiger partial charge in [0.25, 0.3) is 0 Å². The Morgan fingerprint density at radius 1 is 1.45 bits per heavy atom. The second-order valence-corrected chi connectivity index (χ2v) is 6.53. The third-order valence-corrected chi connectivity index (χ3v) is 4.52. The fourth-order valence-electron chi connectivity index (χ4n) is 3.04. The summed E-state index contributed by atoms with van der Waals surface area (Å²) >= 11 is 5.09. The topological polar surface area (TPSA) is 42.2 Å². The van der Waals surface area contributed by atoms with Gasteiger partial charge in [-0.15, -0.1) is 0 Å². The van der Waals surface area contributed by atoms with Gasteiger partial charge in [-0.3, -0.25) is 9.88 Å². The van der Waals surface area contributed by atoms with Crippen LogP contribution in [0.4, 0.5) is 0 Å². The Balaban J connectivity index is 2.02. The molecule has 1 aliphatic heterocycles. The van der Waals surface area contributed by atoms with Crippen LogP contribution < -0.4 is 5.73 Å². The van der Waals surface area contributed by atoms with Crippen molar-refractivity contribution in [2.75, 3.05) is 13.1 Å². The summed E-state index contributed by atoms with van der Waals surface area (Å²) in [5.74, 6) is 1.66. The van der Waals surface area contributed by atoms with E-state index in [2.05, 4.69) is 29.8 Å². The number of nitrogens with zero attached hydrogens (tertiary/aromatic N) is 2. The molecule has 110 valence electrons. The predicted molar refractivity (Wildman–Crippen MR) is 87.6 cm³/mol. The quantitative estimate of drug-likeness (QED) is 0.866. The van der Waals surface area contributed by atoms with Crippen molar-refractivity contribution >= 4 is 17.2 Å². The van der Waals surface area contributed by atoms with E-state index in [0.717, 1.165) is 42.7 Å². The van der Waals surface area contributed by atoms with Gasteiger partial charge in [-0.25, -0.2) is 0 Å². The largest absolute Gasteiger partial charge is 0.388 e. The Bertz CT molecular complexity index is 459. The van der Waals surface area contributed by atoms with E-state index in [1.54, 1.807) is 6.20 Å². The molecular weight excluding hydrogens is 266 g/mol. The molecule has 0 aliphatic carbocycles. The minimum atomic E-state index is 0.399. The molecule has 1 unspecified atom stereocenters. The minimum absolute atomic E-state index is 0.399. The van der Waals surface area contributed by atoms with Gasteiger partial charge in [0.1, 0.15) is 10.7 Å². The molecule has 2 rings (SSSR count). The van der Waals surface area contributed by atoms with Crippen LogP contribution in [-0.2, 0) is 6.54 Å². The SMILES string of the molecule is CC(C)C1CCCN(Cc2cccnc2C(N)=S)CC1. The van der Waals surface area contributed by atoms with Gasteiger partial charge in [0.15, 0.2) is 0 Å². The van der Waals surface area contributed by atoms with Gasteiger partial charge < -0.3 is 5.73 Å². The Kier molecular flexibility index (Phi) is 5.49. The number of nitrogens with two attached hydrogens (primary N) is 1. The third-order valence-electron chi connectivity index (χ3n) is 4.33. The second kappa shape index (κ2) is 7.14. The van der Waals surface area contributed by atoms with E-state index < -0.39 is 0 Å². The predicted octanol–water partition coefficient (Wildman–Crippen LogP) is 2.97. The summed E-state index contributed by atoms with van der Waals surface area (Å²) in [6, 6.07) is 4.05. The molecule has 0 bridgehead atoms. The van der Waals surface area contributed by atoms with E-state index in [0.29, 0.717) is 4.99 Å². The zero-order chi connectivity index (χ0) is 14.5. The molecule has 0 radical (unpaired) electrons. The fraction of sp³-hybridized carbons (Fsp3) is 0.625. The van der Waals surface area contributed by atoms with Crippen molar-refractivity contribution in [1.29, 1.82) is 0 Å². The maximum Gasteiger partial charge on any atom is 0.123 e. The van der Waals surface area contributed by atoms with Gasteiger partial charge in [0, 0.05) is 12.7 Å². The first-order valence-corrected chi connectivity index (χ1v) is 7.94. The molecule has 2 N–H and O–H groups in total. The highest BCUT2D eigenvalue weighted by atomic mass is 32.1. The van der Waals surface area contributed by atoms with Crippen molar-refractivity contribution in [2.45, 2.75) is 39.7 Å². The molecule has 3 nitrogen and oxygen atoms in total. The van der Waals surface area contributed by atoms with E-state index in [4.69, 9.17) is 18.0 Å². The first-order chi connectivity index (χ1) is 9.58. The number of rotatable bonds is 4. The lowest BCUT2D eigenvalue weighted by Gasteiger charge is -2.22. The van der Waals surface area contributed by atoms with Crippen LogP contribution in [0, 0.1) is 11.8 Å². The van der Waals surface area contributed by atoms with Gasteiger partial charge in [-0.2, -0.15) is 0 Å². The van der Waals surface area contributed by atoms with Crippen molar-refractivity contribution in [3.8, 4) is 0 Å². The molecule has 0 amide bonds. The molecule has 2 heterocycles. The third kappa shape index (κ3) is 4.00. The molecule has 1 aromatic rings. The molecular formula is C16H25N3S. The van der Waals surface area contributed by atoms with Crippen LogP contribution in [0.2, 0.25) is 0 Å². The normalized spacial score (nSPS) is 20.9.